The van der Waals surface area contributed by atoms with Crippen LogP contribution in [-0.4, -0.2) is 17.6 Å². The zero-order valence-corrected chi connectivity index (χ0v) is 15.1. The minimum Gasteiger partial charge on any atom is -0.508 e. The molecule has 0 aliphatic carbocycles. The summed E-state index contributed by atoms with van der Waals surface area (Å²) in [5, 5.41) is 12.3. The summed E-state index contributed by atoms with van der Waals surface area (Å²) in [5.74, 6) is 0.955. The number of carbonyl (C=O) groups is 1. The van der Waals surface area contributed by atoms with Gasteiger partial charge < -0.3 is 15.2 Å². The second-order valence-electron chi connectivity index (χ2n) is 6.28. The summed E-state index contributed by atoms with van der Waals surface area (Å²) >= 11 is 0. The van der Waals surface area contributed by atoms with Gasteiger partial charge >= 0.3 is 0 Å². The number of hydrogen-bond acceptors (Lipinski definition) is 3. The first-order valence-corrected chi connectivity index (χ1v) is 9.04. The molecule has 3 aromatic rings. The molecule has 0 aliphatic heterocycles. The summed E-state index contributed by atoms with van der Waals surface area (Å²) in [6.45, 7) is 0.939. The van der Waals surface area contributed by atoms with E-state index < -0.39 is 0 Å². The Hall–Kier alpha value is -3.27. The van der Waals surface area contributed by atoms with Crippen LogP contribution in [0.3, 0.4) is 0 Å². The van der Waals surface area contributed by atoms with Crippen molar-refractivity contribution in [1.82, 2.24) is 5.32 Å². The van der Waals surface area contributed by atoms with Crippen molar-refractivity contribution >= 4 is 5.91 Å². The molecular formula is C23H23NO3. The van der Waals surface area contributed by atoms with E-state index in [-0.39, 0.29) is 11.7 Å². The number of amides is 1. The van der Waals surface area contributed by atoms with Gasteiger partial charge in [0.05, 0.1) is 0 Å². The molecule has 0 fully saturated rings. The number of nitrogens with one attached hydrogen (secondary N) is 1. The molecule has 3 rings (SSSR count). The second-order valence-corrected chi connectivity index (χ2v) is 6.28. The van der Waals surface area contributed by atoms with Crippen LogP contribution >= 0.6 is 0 Å². The number of hydrogen-bond donors (Lipinski definition) is 2. The summed E-state index contributed by atoms with van der Waals surface area (Å²) in [6, 6.07) is 24.2. The Balaban J connectivity index is 1.51. The summed E-state index contributed by atoms with van der Waals surface area (Å²) in [5.41, 5.74) is 2.63. The molecule has 0 atom stereocenters. The Morgan fingerprint density at radius 1 is 0.889 bits per heavy atom. The quantitative estimate of drug-likeness (QED) is 0.587. The summed E-state index contributed by atoms with van der Waals surface area (Å²) in [6.07, 6.45) is 1.68. The number of phenols is 1. The average Bonchev–Trinajstić information content (AvgIpc) is 2.72. The van der Waals surface area contributed by atoms with E-state index in [0.29, 0.717) is 18.7 Å². The summed E-state index contributed by atoms with van der Waals surface area (Å²) in [4.78, 5) is 12.5. The Morgan fingerprint density at radius 3 is 2.37 bits per heavy atom. The van der Waals surface area contributed by atoms with Gasteiger partial charge in [-0.15, -0.1) is 0 Å². The molecule has 4 heteroatoms. The van der Waals surface area contributed by atoms with E-state index in [1.165, 1.54) is 0 Å². The van der Waals surface area contributed by atoms with Gasteiger partial charge in [-0.2, -0.15) is 0 Å². The molecule has 0 unspecified atom stereocenters. The number of carbonyl (C=O) groups excluding carboxylic acids is 1. The highest BCUT2D eigenvalue weighted by molar-refractivity contribution is 5.95. The number of benzene rings is 3. The average molecular weight is 361 g/mol. The van der Waals surface area contributed by atoms with Crippen molar-refractivity contribution in [1.29, 1.82) is 0 Å². The maximum atomic E-state index is 12.5. The summed E-state index contributed by atoms with van der Waals surface area (Å²) in [7, 11) is 0. The van der Waals surface area contributed by atoms with E-state index in [0.717, 1.165) is 29.7 Å². The van der Waals surface area contributed by atoms with Gasteiger partial charge in [-0.3, -0.25) is 4.79 Å². The number of phenolic OH excluding ortho intramolecular Hbond substituents is 1. The first-order valence-electron chi connectivity index (χ1n) is 9.04. The zero-order chi connectivity index (χ0) is 18.9. The van der Waals surface area contributed by atoms with Crippen molar-refractivity contribution < 1.29 is 14.6 Å². The lowest BCUT2D eigenvalue weighted by Crippen LogP contribution is -2.26. The van der Waals surface area contributed by atoms with Gasteiger partial charge in [0.1, 0.15) is 18.1 Å². The number of aromatic hydroxyl groups is 1. The topological polar surface area (TPSA) is 58.6 Å². The third kappa shape index (κ3) is 5.61. The molecule has 0 spiro atoms. The third-order valence-electron chi connectivity index (χ3n) is 4.26. The van der Waals surface area contributed by atoms with Crippen LogP contribution in [0.2, 0.25) is 0 Å². The van der Waals surface area contributed by atoms with Crippen molar-refractivity contribution in [3.8, 4) is 11.5 Å². The highest BCUT2D eigenvalue weighted by Crippen LogP contribution is 2.15. The van der Waals surface area contributed by atoms with Gasteiger partial charge in [0.15, 0.2) is 0 Å². The van der Waals surface area contributed by atoms with Gasteiger partial charge in [0.2, 0.25) is 0 Å². The van der Waals surface area contributed by atoms with Gasteiger partial charge in [-0.25, -0.2) is 0 Å². The van der Waals surface area contributed by atoms with Gasteiger partial charge in [-0.1, -0.05) is 48.5 Å². The Labute approximate surface area is 159 Å². The molecule has 138 valence electrons. The monoisotopic (exact) mass is 361 g/mol. The van der Waals surface area contributed by atoms with Crippen LogP contribution in [0.25, 0.3) is 0 Å². The molecular weight excluding hydrogens is 338 g/mol. The van der Waals surface area contributed by atoms with E-state index >= 15 is 0 Å². The maximum absolute atomic E-state index is 12.5. The van der Waals surface area contributed by atoms with Gasteiger partial charge in [0, 0.05) is 17.7 Å². The molecule has 1 amide bonds. The molecule has 0 heterocycles. The van der Waals surface area contributed by atoms with E-state index in [4.69, 9.17) is 4.74 Å². The SMILES string of the molecule is O=C(NCCCc1ccc(O)cc1)c1ccccc1COc1ccccc1. The van der Waals surface area contributed by atoms with Gasteiger partial charge in [0.25, 0.3) is 5.91 Å². The molecule has 0 bridgehead atoms. The van der Waals surface area contributed by atoms with Crippen molar-refractivity contribution in [2.45, 2.75) is 19.4 Å². The number of para-hydroxylation sites is 1. The highest BCUT2D eigenvalue weighted by Gasteiger charge is 2.11. The minimum absolute atomic E-state index is 0.0898. The molecule has 27 heavy (non-hydrogen) atoms. The van der Waals surface area contributed by atoms with Crippen LogP contribution in [0, 0.1) is 0 Å². The Morgan fingerprint density at radius 2 is 1.59 bits per heavy atom. The van der Waals surface area contributed by atoms with E-state index in [2.05, 4.69) is 5.32 Å². The lowest BCUT2D eigenvalue weighted by Gasteiger charge is -2.11. The molecule has 0 aromatic heterocycles. The second kappa shape index (κ2) is 9.43. The molecule has 0 aliphatic rings. The lowest BCUT2D eigenvalue weighted by atomic mass is 10.1. The molecule has 0 saturated heterocycles. The molecule has 0 saturated carbocycles. The lowest BCUT2D eigenvalue weighted by molar-refractivity contribution is 0.0950. The predicted molar refractivity (Wildman–Crippen MR) is 106 cm³/mol. The Kier molecular flexibility index (Phi) is 6.47. The number of ether oxygens (including phenoxy) is 1. The zero-order valence-electron chi connectivity index (χ0n) is 15.1. The van der Waals surface area contributed by atoms with Crippen LogP contribution in [-0.2, 0) is 13.0 Å². The first kappa shape index (κ1) is 18.5. The first-order chi connectivity index (χ1) is 13.2. The van der Waals surface area contributed by atoms with Crippen LogP contribution in [0.4, 0.5) is 0 Å². The third-order valence-corrected chi connectivity index (χ3v) is 4.26. The van der Waals surface area contributed by atoms with Crippen LogP contribution in [0.15, 0.2) is 78.9 Å². The van der Waals surface area contributed by atoms with E-state index in [9.17, 15) is 9.90 Å². The fraction of sp³-hybridized carbons (Fsp3) is 0.174. The highest BCUT2D eigenvalue weighted by atomic mass is 16.5. The maximum Gasteiger partial charge on any atom is 0.251 e. The van der Waals surface area contributed by atoms with E-state index in [1.807, 2.05) is 66.7 Å². The fourth-order valence-corrected chi connectivity index (χ4v) is 2.80. The number of rotatable bonds is 8. The molecule has 0 radical (unpaired) electrons. The molecule has 3 aromatic carbocycles. The Bertz CT molecular complexity index is 860. The number of aryl methyl sites for hydroxylation is 1. The molecule has 2 N–H and O–H groups in total. The van der Waals surface area contributed by atoms with Crippen LogP contribution < -0.4 is 10.1 Å². The van der Waals surface area contributed by atoms with Crippen LogP contribution in [0.1, 0.15) is 27.9 Å². The smallest absolute Gasteiger partial charge is 0.251 e. The fourth-order valence-electron chi connectivity index (χ4n) is 2.80. The summed E-state index contributed by atoms with van der Waals surface area (Å²) < 4.78 is 5.78. The van der Waals surface area contributed by atoms with Crippen molar-refractivity contribution in [2.75, 3.05) is 6.54 Å². The van der Waals surface area contributed by atoms with E-state index in [1.54, 1.807) is 12.1 Å². The normalized spacial score (nSPS) is 10.4. The predicted octanol–water partition coefficient (Wildman–Crippen LogP) is 4.33. The van der Waals surface area contributed by atoms with Crippen LogP contribution in [0.5, 0.6) is 11.5 Å². The largest absolute Gasteiger partial charge is 0.508 e. The van der Waals surface area contributed by atoms with Crippen molar-refractivity contribution in [3.05, 3.63) is 95.6 Å². The minimum atomic E-state index is -0.0898. The van der Waals surface area contributed by atoms with Crippen molar-refractivity contribution in [3.63, 3.8) is 0 Å². The van der Waals surface area contributed by atoms with Gasteiger partial charge in [-0.05, 0) is 48.7 Å². The molecule has 4 nitrogen and oxygen atoms in total. The standard InChI is InChI=1S/C23H23NO3/c25-20-14-12-18(13-15-20)7-6-16-24-23(26)22-11-5-4-8-19(22)17-27-21-9-2-1-3-10-21/h1-5,8-15,25H,6-7,16-17H2,(H,24,26). The van der Waals surface area contributed by atoms with Crippen molar-refractivity contribution in [2.24, 2.45) is 0 Å².